The molecular weight excluding hydrogens is 238 g/mol. The normalized spacial score (nSPS) is 12.6. The first kappa shape index (κ1) is 11.9. The minimum absolute atomic E-state index is 0.257. The molecule has 0 fully saturated rings. The van der Waals surface area contributed by atoms with E-state index in [0.29, 0.717) is 10.7 Å². The van der Waals surface area contributed by atoms with E-state index in [0.717, 1.165) is 11.4 Å². The van der Waals surface area contributed by atoms with Crippen molar-refractivity contribution in [1.82, 2.24) is 15.0 Å². The van der Waals surface area contributed by atoms with Crippen molar-refractivity contribution in [2.45, 2.75) is 6.04 Å². The maximum atomic E-state index is 5.94. The van der Waals surface area contributed by atoms with Crippen molar-refractivity contribution in [1.29, 1.82) is 0 Å². The molecule has 1 heterocycles. The van der Waals surface area contributed by atoms with Crippen LogP contribution in [-0.4, -0.2) is 9.55 Å². The minimum Gasteiger partial charge on any atom is -0.398 e. The zero-order valence-electron chi connectivity index (χ0n) is 9.39. The van der Waals surface area contributed by atoms with Crippen molar-refractivity contribution < 1.29 is 0 Å². The van der Waals surface area contributed by atoms with Crippen molar-refractivity contribution in [3.63, 3.8) is 0 Å². The monoisotopic (exact) mass is 251 g/mol. The van der Waals surface area contributed by atoms with Gasteiger partial charge in [-0.05, 0) is 12.1 Å². The largest absolute Gasteiger partial charge is 0.398 e. The number of imidazole rings is 1. The van der Waals surface area contributed by atoms with Crippen LogP contribution in [0, 0.1) is 0 Å². The molecule has 2 rings (SSSR count). The maximum Gasteiger partial charge on any atom is 0.131 e. The van der Waals surface area contributed by atoms with Gasteiger partial charge in [0.15, 0.2) is 0 Å². The topological polar surface area (TPSA) is 81.9 Å². The second-order valence-electron chi connectivity index (χ2n) is 3.77. The average Bonchev–Trinajstić information content (AvgIpc) is 2.69. The van der Waals surface area contributed by atoms with E-state index >= 15 is 0 Å². The predicted octanol–water partition coefficient (Wildman–Crippen LogP) is 1.21. The number of hydrogen-bond acceptors (Lipinski definition) is 4. The molecule has 6 heteroatoms. The first-order valence-corrected chi connectivity index (χ1v) is 5.49. The highest BCUT2D eigenvalue weighted by molar-refractivity contribution is 6.30. The molecule has 5 N–H and O–H groups in total. The van der Waals surface area contributed by atoms with Gasteiger partial charge in [-0.1, -0.05) is 17.7 Å². The fourth-order valence-electron chi connectivity index (χ4n) is 1.77. The second kappa shape index (κ2) is 4.75. The van der Waals surface area contributed by atoms with E-state index in [2.05, 4.69) is 10.4 Å². The summed E-state index contributed by atoms with van der Waals surface area (Å²) >= 11 is 5.87. The fourth-order valence-corrected chi connectivity index (χ4v) is 1.95. The van der Waals surface area contributed by atoms with Gasteiger partial charge in [-0.3, -0.25) is 5.84 Å². The van der Waals surface area contributed by atoms with Gasteiger partial charge in [-0.25, -0.2) is 10.4 Å². The maximum absolute atomic E-state index is 5.94. The summed E-state index contributed by atoms with van der Waals surface area (Å²) in [7, 11) is 1.90. The van der Waals surface area contributed by atoms with Crippen LogP contribution >= 0.6 is 11.6 Å². The molecule has 0 aliphatic carbocycles. The Balaban J connectivity index is 2.46. The fraction of sp³-hybridized carbons (Fsp3) is 0.182. The number of hydrazine groups is 1. The number of aryl methyl sites for hydroxylation is 1. The Morgan fingerprint density at radius 2 is 2.24 bits per heavy atom. The highest BCUT2D eigenvalue weighted by Crippen LogP contribution is 2.27. The molecule has 1 unspecified atom stereocenters. The minimum atomic E-state index is -0.257. The van der Waals surface area contributed by atoms with Gasteiger partial charge in [0, 0.05) is 35.7 Å². The lowest BCUT2D eigenvalue weighted by Gasteiger charge is -2.18. The van der Waals surface area contributed by atoms with Crippen molar-refractivity contribution in [2.24, 2.45) is 12.9 Å². The predicted molar refractivity (Wildman–Crippen MR) is 68.2 cm³/mol. The molecular formula is C11H14ClN5. The van der Waals surface area contributed by atoms with Gasteiger partial charge < -0.3 is 10.3 Å². The van der Waals surface area contributed by atoms with Crippen molar-refractivity contribution in [3.8, 4) is 0 Å². The number of nitrogen functional groups attached to an aromatic ring is 1. The molecule has 0 saturated heterocycles. The van der Waals surface area contributed by atoms with E-state index in [1.807, 2.05) is 23.9 Å². The summed E-state index contributed by atoms with van der Waals surface area (Å²) in [6, 6.07) is 5.06. The quantitative estimate of drug-likeness (QED) is 0.435. The molecule has 90 valence electrons. The highest BCUT2D eigenvalue weighted by atomic mass is 35.5. The lowest BCUT2D eigenvalue weighted by Crippen LogP contribution is -2.31. The van der Waals surface area contributed by atoms with Crippen molar-refractivity contribution in [3.05, 3.63) is 47.0 Å². The van der Waals surface area contributed by atoms with E-state index in [4.69, 9.17) is 23.2 Å². The van der Waals surface area contributed by atoms with Crippen LogP contribution in [0.1, 0.15) is 17.4 Å². The van der Waals surface area contributed by atoms with Crippen LogP contribution in [0.15, 0.2) is 30.6 Å². The van der Waals surface area contributed by atoms with Crippen LogP contribution in [0.5, 0.6) is 0 Å². The van der Waals surface area contributed by atoms with Gasteiger partial charge >= 0.3 is 0 Å². The van der Waals surface area contributed by atoms with E-state index in [1.54, 1.807) is 18.3 Å². The van der Waals surface area contributed by atoms with E-state index in [1.165, 1.54) is 0 Å². The molecule has 5 nitrogen and oxygen atoms in total. The molecule has 1 aromatic heterocycles. The van der Waals surface area contributed by atoms with Gasteiger partial charge in [-0.2, -0.15) is 0 Å². The Morgan fingerprint density at radius 1 is 1.47 bits per heavy atom. The van der Waals surface area contributed by atoms with Gasteiger partial charge in [0.05, 0.1) is 0 Å². The third kappa shape index (κ3) is 2.26. The Bertz CT molecular complexity index is 522. The SMILES string of the molecule is Cn1ccnc1C(NN)c1ccc(Cl)cc1N. The summed E-state index contributed by atoms with van der Waals surface area (Å²) in [6.45, 7) is 0. The van der Waals surface area contributed by atoms with Gasteiger partial charge in [0.2, 0.25) is 0 Å². The number of halogens is 1. The molecule has 17 heavy (non-hydrogen) atoms. The van der Waals surface area contributed by atoms with Crippen LogP contribution in [-0.2, 0) is 7.05 Å². The summed E-state index contributed by atoms with van der Waals surface area (Å²) < 4.78 is 1.89. The Morgan fingerprint density at radius 3 is 2.76 bits per heavy atom. The van der Waals surface area contributed by atoms with Crippen LogP contribution < -0.4 is 17.0 Å². The molecule has 1 aromatic carbocycles. The number of nitrogens with two attached hydrogens (primary N) is 2. The lowest BCUT2D eigenvalue weighted by atomic mass is 10.0. The Kier molecular flexibility index (Phi) is 3.33. The first-order chi connectivity index (χ1) is 8.13. The van der Waals surface area contributed by atoms with Crippen LogP contribution in [0.2, 0.25) is 5.02 Å². The van der Waals surface area contributed by atoms with E-state index < -0.39 is 0 Å². The summed E-state index contributed by atoms with van der Waals surface area (Å²) in [5.41, 5.74) is 10.1. The van der Waals surface area contributed by atoms with Gasteiger partial charge in [-0.15, -0.1) is 0 Å². The summed E-state index contributed by atoms with van der Waals surface area (Å²) in [6.07, 6.45) is 3.57. The highest BCUT2D eigenvalue weighted by Gasteiger charge is 2.18. The van der Waals surface area contributed by atoms with Crippen LogP contribution in [0.4, 0.5) is 5.69 Å². The number of anilines is 1. The number of benzene rings is 1. The number of hydrogen-bond donors (Lipinski definition) is 3. The van der Waals surface area contributed by atoms with Crippen LogP contribution in [0.3, 0.4) is 0 Å². The molecule has 0 amide bonds. The standard InChI is InChI=1S/C11H14ClN5/c1-17-5-4-15-11(17)10(16-14)8-3-2-7(12)6-9(8)13/h2-6,10,16H,13-14H2,1H3. The number of rotatable bonds is 3. The lowest BCUT2D eigenvalue weighted by molar-refractivity contribution is 0.581. The summed E-state index contributed by atoms with van der Waals surface area (Å²) in [5.74, 6) is 6.37. The summed E-state index contributed by atoms with van der Waals surface area (Å²) in [5, 5.41) is 0.599. The smallest absolute Gasteiger partial charge is 0.131 e. The molecule has 2 aromatic rings. The Hall–Kier alpha value is -1.56. The molecule has 0 bridgehead atoms. The van der Waals surface area contributed by atoms with Crippen LogP contribution in [0.25, 0.3) is 0 Å². The Labute approximate surface area is 104 Å². The van der Waals surface area contributed by atoms with E-state index in [9.17, 15) is 0 Å². The number of aromatic nitrogens is 2. The molecule has 0 aliphatic heterocycles. The van der Waals surface area contributed by atoms with Crippen molar-refractivity contribution in [2.75, 3.05) is 5.73 Å². The second-order valence-corrected chi connectivity index (χ2v) is 4.21. The number of nitrogens with one attached hydrogen (secondary N) is 1. The van der Waals surface area contributed by atoms with Gasteiger partial charge in [0.25, 0.3) is 0 Å². The molecule has 1 atom stereocenters. The molecule has 0 spiro atoms. The summed E-state index contributed by atoms with van der Waals surface area (Å²) in [4.78, 5) is 4.26. The van der Waals surface area contributed by atoms with Crippen molar-refractivity contribution >= 4 is 17.3 Å². The van der Waals surface area contributed by atoms with Gasteiger partial charge in [0.1, 0.15) is 11.9 Å². The molecule has 0 aliphatic rings. The number of nitrogens with zero attached hydrogens (tertiary/aromatic N) is 2. The zero-order chi connectivity index (χ0) is 12.4. The van der Waals surface area contributed by atoms with E-state index in [-0.39, 0.29) is 6.04 Å². The average molecular weight is 252 g/mol. The zero-order valence-corrected chi connectivity index (χ0v) is 10.1. The third-order valence-electron chi connectivity index (χ3n) is 2.64. The first-order valence-electron chi connectivity index (χ1n) is 5.11. The third-order valence-corrected chi connectivity index (χ3v) is 2.88. The molecule has 0 saturated carbocycles. The molecule has 0 radical (unpaired) electrons.